The van der Waals surface area contributed by atoms with Gasteiger partial charge in [-0.1, -0.05) is 6.92 Å². The summed E-state index contributed by atoms with van der Waals surface area (Å²) in [6, 6.07) is 0.549. The van der Waals surface area contributed by atoms with Crippen LogP contribution in [0.25, 0.3) is 0 Å². The first kappa shape index (κ1) is 12.9. The number of nitrogens with one attached hydrogen (secondary N) is 1. The van der Waals surface area contributed by atoms with Crippen LogP contribution in [0.2, 0.25) is 0 Å². The van der Waals surface area contributed by atoms with Crippen LogP contribution in [0.4, 0.5) is 0 Å². The molecule has 4 nitrogen and oxygen atoms in total. The number of ether oxygens (including phenoxy) is 1. The number of hydrogen-bond donors (Lipinski definition) is 1. The quantitative estimate of drug-likeness (QED) is 0.782. The molecule has 0 aliphatic carbocycles. The Bertz CT molecular complexity index is 336. The third kappa shape index (κ3) is 3.72. The van der Waals surface area contributed by atoms with Gasteiger partial charge in [-0.2, -0.15) is 5.10 Å². The molecule has 1 saturated heterocycles. The third-order valence-corrected chi connectivity index (χ3v) is 4.18. The summed E-state index contributed by atoms with van der Waals surface area (Å²) < 4.78 is 7.33. The Morgan fingerprint density at radius 1 is 1.71 bits per heavy atom. The minimum Gasteiger partial charge on any atom is -0.381 e. The molecule has 0 saturated carbocycles. The summed E-state index contributed by atoms with van der Waals surface area (Å²) in [6.07, 6.45) is 5.18. The number of rotatable bonds is 6. The Balaban J connectivity index is 1.84. The van der Waals surface area contributed by atoms with Crippen molar-refractivity contribution in [2.24, 2.45) is 13.0 Å². The maximum absolute atomic E-state index is 5.47. The van der Waals surface area contributed by atoms with Gasteiger partial charge in [0.05, 0.1) is 12.8 Å². The van der Waals surface area contributed by atoms with E-state index in [2.05, 4.69) is 23.5 Å². The number of aromatic nitrogens is 2. The summed E-state index contributed by atoms with van der Waals surface area (Å²) in [5.41, 5.74) is 0. The second-order valence-corrected chi connectivity index (χ2v) is 5.54. The predicted molar refractivity (Wildman–Crippen MR) is 70.3 cm³/mol. The smallest absolute Gasteiger partial charge is 0.0625 e. The number of thioether (sulfide) groups is 1. The molecule has 5 heteroatoms. The van der Waals surface area contributed by atoms with Crippen molar-refractivity contribution in [2.45, 2.75) is 24.3 Å². The monoisotopic (exact) mass is 255 g/mol. The Kier molecular flexibility index (Phi) is 4.88. The van der Waals surface area contributed by atoms with Crippen LogP contribution in [0.1, 0.15) is 13.3 Å². The fourth-order valence-corrected chi connectivity index (χ4v) is 3.26. The van der Waals surface area contributed by atoms with Gasteiger partial charge >= 0.3 is 0 Å². The highest BCUT2D eigenvalue weighted by Crippen LogP contribution is 2.24. The van der Waals surface area contributed by atoms with E-state index in [4.69, 9.17) is 4.74 Å². The maximum Gasteiger partial charge on any atom is 0.0625 e. The van der Waals surface area contributed by atoms with E-state index in [1.807, 2.05) is 29.7 Å². The SMILES string of the molecule is CCNC(CSc1cnn(C)c1)C1CCOC1. The Labute approximate surface area is 107 Å². The first-order valence-electron chi connectivity index (χ1n) is 6.22. The van der Waals surface area contributed by atoms with Gasteiger partial charge in [0, 0.05) is 42.5 Å². The maximum atomic E-state index is 5.47. The number of nitrogens with zero attached hydrogens (tertiary/aromatic N) is 2. The van der Waals surface area contributed by atoms with Gasteiger partial charge in [-0.3, -0.25) is 4.68 Å². The zero-order valence-electron chi connectivity index (χ0n) is 10.6. The molecular weight excluding hydrogens is 234 g/mol. The van der Waals surface area contributed by atoms with Crippen molar-refractivity contribution in [1.82, 2.24) is 15.1 Å². The summed E-state index contributed by atoms with van der Waals surface area (Å²) in [6.45, 7) is 5.02. The van der Waals surface area contributed by atoms with E-state index >= 15 is 0 Å². The van der Waals surface area contributed by atoms with Crippen molar-refractivity contribution in [2.75, 3.05) is 25.5 Å². The molecule has 1 aliphatic heterocycles. The van der Waals surface area contributed by atoms with Crippen LogP contribution in [-0.2, 0) is 11.8 Å². The van der Waals surface area contributed by atoms with Crippen LogP contribution < -0.4 is 5.32 Å². The number of aryl methyl sites for hydroxylation is 1. The fraction of sp³-hybridized carbons (Fsp3) is 0.750. The molecule has 1 fully saturated rings. The summed E-state index contributed by atoms with van der Waals surface area (Å²) in [5.74, 6) is 1.76. The first-order valence-corrected chi connectivity index (χ1v) is 7.20. The normalized spacial score (nSPS) is 21.9. The van der Waals surface area contributed by atoms with E-state index in [1.54, 1.807) is 0 Å². The number of hydrogen-bond acceptors (Lipinski definition) is 4. The molecule has 0 amide bonds. The molecule has 0 spiro atoms. The standard InChI is InChI=1S/C12H21N3OS/c1-3-13-12(10-4-5-16-8-10)9-17-11-6-14-15(2)7-11/h6-7,10,12-13H,3-5,8-9H2,1-2H3. The summed E-state index contributed by atoms with van der Waals surface area (Å²) in [4.78, 5) is 1.24. The van der Waals surface area contributed by atoms with Gasteiger partial charge in [0.2, 0.25) is 0 Å². The Morgan fingerprint density at radius 3 is 3.18 bits per heavy atom. The van der Waals surface area contributed by atoms with Crippen molar-refractivity contribution in [3.05, 3.63) is 12.4 Å². The lowest BCUT2D eigenvalue weighted by atomic mass is 10.0. The average Bonchev–Trinajstić information content (AvgIpc) is 2.95. The Morgan fingerprint density at radius 2 is 2.59 bits per heavy atom. The van der Waals surface area contributed by atoms with Crippen molar-refractivity contribution in [1.29, 1.82) is 0 Å². The zero-order valence-corrected chi connectivity index (χ0v) is 11.4. The molecule has 1 aliphatic rings. The van der Waals surface area contributed by atoms with Crippen LogP contribution in [0.15, 0.2) is 17.3 Å². The molecule has 2 atom stereocenters. The first-order chi connectivity index (χ1) is 8.29. The Hall–Kier alpha value is -0.520. The lowest BCUT2D eigenvalue weighted by Crippen LogP contribution is -2.38. The molecular formula is C12H21N3OS. The minimum absolute atomic E-state index is 0.549. The summed E-state index contributed by atoms with van der Waals surface area (Å²) >= 11 is 1.87. The highest BCUT2D eigenvalue weighted by atomic mass is 32.2. The van der Waals surface area contributed by atoms with Gasteiger partial charge in [0.25, 0.3) is 0 Å². The minimum atomic E-state index is 0.549. The van der Waals surface area contributed by atoms with Crippen LogP contribution in [0.3, 0.4) is 0 Å². The third-order valence-electron chi connectivity index (χ3n) is 3.11. The van der Waals surface area contributed by atoms with Gasteiger partial charge in [-0.25, -0.2) is 0 Å². The fourth-order valence-electron chi connectivity index (χ4n) is 2.15. The summed E-state index contributed by atoms with van der Waals surface area (Å²) in [7, 11) is 1.96. The molecule has 2 unspecified atom stereocenters. The van der Waals surface area contributed by atoms with Crippen molar-refractivity contribution >= 4 is 11.8 Å². The molecule has 96 valence electrons. The van der Waals surface area contributed by atoms with E-state index in [1.165, 1.54) is 11.3 Å². The van der Waals surface area contributed by atoms with Gasteiger partial charge in [0.15, 0.2) is 0 Å². The molecule has 0 bridgehead atoms. The molecule has 2 heterocycles. The van der Waals surface area contributed by atoms with Crippen molar-refractivity contribution < 1.29 is 4.74 Å². The second-order valence-electron chi connectivity index (χ2n) is 4.45. The lowest BCUT2D eigenvalue weighted by Gasteiger charge is -2.22. The lowest BCUT2D eigenvalue weighted by molar-refractivity contribution is 0.179. The van der Waals surface area contributed by atoms with Gasteiger partial charge in [-0.15, -0.1) is 11.8 Å². The molecule has 0 aromatic carbocycles. The topological polar surface area (TPSA) is 39.1 Å². The van der Waals surface area contributed by atoms with E-state index in [-0.39, 0.29) is 0 Å². The van der Waals surface area contributed by atoms with Gasteiger partial charge < -0.3 is 10.1 Å². The molecule has 17 heavy (non-hydrogen) atoms. The van der Waals surface area contributed by atoms with Gasteiger partial charge in [-0.05, 0) is 13.0 Å². The molecule has 2 rings (SSSR count). The predicted octanol–water partition coefficient (Wildman–Crippen LogP) is 1.53. The summed E-state index contributed by atoms with van der Waals surface area (Å²) in [5, 5.41) is 7.76. The van der Waals surface area contributed by atoms with Crippen LogP contribution in [0.5, 0.6) is 0 Å². The van der Waals surface area contributed by atoms with E-state index in [9.17, 15) is 0 Å². The van der Waals surface area contributed by atoms with Gasteiger partial charge in [0.1, 0.15) is 0 Å². The molecule has 1 N–H and O–H groups in total. The highest BCUT2D eigenvalue weighted by molar-refractivity contribution is 7.99. The van der Waals surface area contributed by atoms with Crippen LogP contribution >= 0.6 is 11.8 Å². The molecule has 1 aromatic heterocycles. The second kappa shape index (κ2) is 6.42. The van der Waals surface area contributed by atoms with Crippen molar-refractivity contribution in [3.8, 4) is 0 Å². The van der Waals surface area contributed by atoms with Crippen LogP contribution in [-0.4, -0.2) is 41.3 Å². The van der Waals surface area contributed by atoms with E-state index in [0.29, 0.717) is 12.0 Å². The molecule has 0 radical (unpaired) electrons. The van der Waals surface area contributed by atoms with E-state index in [0.717, 1.165) is 25.5 Å². The van der Waals surface area contributed by atoms with E-state index < -0.39 is 0 Å². The zero-order chi connectivity index (χ0) is 12.1. The highest BCUT2D eigenvalue weighted by Gasteiger charge is 2.25. The van der Waals surface area contributed by atoms with Crippen molar-refractivity contribution in [3.63, 3.8) is 0 Å². The average molecular weight is 255 g/mol. The molecule has 1 aromatic rings. The largest absolute Gasteiger partial charge is 0.381 e. The van der Waals surface area contributed by atoms with Crippen LogP contribution in [0, 0.1) is 5.92 Å².